The molecule has 0 spiro atoms. The van der Waals surface area contributed by atoms with E-state index < -0.39 is 23.9 Å². The molecule has 1 aliphatic heterocycles. The summed E-state index contributed by atoms with van der Waals surface area (Å²) in [6.07, 6.45) is 1.48. The fourth-order valence-electron chi connectivity index (χ4n) is 4.78. The molecule has 12 nitrogen and oxygen atoms in total. The number of hydrogen-bond donors (Lipinski definition) is 3. The Morgan fingerprint density at radius 1 is 0.979 bits per heavy atom. The van der Waals surface area contributed by atoms with Crippen LogP contribution in [-0.4, -0.2) is 51.1 Å². The second kappa shape index (κ2) is 16.5. The van der Waals surface area contributed by atoms with Gasteiger partial charge in [-0.1, -0.05) is 35.9 Å². The molecule has 0 aromatic heterocycles. The Labute approximate surface area is 281 Å². The van der Waals surface area contributed by atoms with E-state index in [4.69, 9.17) is 23.7 Å². The van der Waals surface area contributed by atoms with Crippen LogP contribution < -0.4 is 35.0 Å². The minimum atomic E-state index is -0.777. The average Bonchev–Trinajstić information content (AvgIpc) is 3.03. The van der Waals surface area contributed by atoms with Gasteiger partial charge in [0.1, 0.15) is 6.61 Å². The van der Waals surface area contributed by atoms with Crippen molar-refractivity contribution in [3.05, 3.63) is 92.6 Å². The Kier molecular flexibility index (Phi) is 12.2. The molecule has 0 radical (unpaired) electrons. The Morgan fingerprint density at radius 3 is 2.51 bits per heavy atom. The Morgan fingerprint density at radius 2 is 1.79 bits per heavy atom. The van der Waals surface area contributed by atoms with Crippen LogP contribution in [0.4, 0.5) is 4.79 Å². The smallest absolute Gasteiger partial charge is 0.338 e. The van der Waals surface area contributed by atoms with E-state index in [9.17, 15) is 14.4 Å². The lowest BCUT2D eigenvalue weighted by atomic mass is 9.95. The minimum Gasteiger partial charge on any atom is -0.493 e. The molecule has 1 heterocycles. The lowest BCUT2D eigenvalue weighted by molar-refractivity contribution is -0.139. The first kappa shape index (κ1) is 34.8. The van der Waals surface area contributed by atoms with Crippen LogP contribution in [0.5, 0.6) is 23.0 Å². The molecule has 3 N–H and O–H groups in total. The quantitative estimate of drug-likeness (QED) is 0.114. The first-order valence-corrected chi connectivity index (χ1v) is 15.6. The van der Waals surface area contributed by atoms with Crippen LogP contribution in [0.3, 0.4) is 0 Å². The summed E-state index contributed by atoms with van der Waals surface area (Å²) in [5.74, 6) is 0.608. The van der Waals surface area contributed by atoms with Gasteiger partial charge in [0.15, 0.2) is 29.6 Å². The van der Waals surface area contributed by atoms with E-state index in [0.29, 0.717) is 51.8 Å². The second-order valence-corrected chi connectivity index (χ2v) is 11.2. The number of ether oxygens (including phenoxy) is 5. The summed E-state index contributed by atoms with van der Waals surface area (Å²) >= 11 is 3.56. The number of urea groups is 1. The molecule has 0 aliphatic carbocycles. The van der Waals surface area contributed by atoms with E-state index in [1.54, 1.807) is 38.1 Å². The zero-order valence-electron chi connectivity index (χ0n) is 26.8. The summed E-state index contributed by atoms with van der Waals surface area (Å²) < 4.78 is 28.9. The van der Waals surface area contributed by atoms with Crippen LogP contribution in [-0.2, 0) is 20.9 Å². The highest BCUT2D eigenvalue weighted by Gasteiger charge is 2.32. The molecule has 1 aliphatic rings. The van der Waals surface area contributed by atoms with Crippen molar-refractivity contribution in [3.63, 3.8) is 0 Å². The van der Waals surface area contributed by atoms with E-state index in [0.717, 1.165) is 11.1 Å². The van der Waals surface area contributed by atoms with Crippen molar-refractivity contribution in [2.75, 3.05) is 26.9 Å². The predicted octanol–water partition coefficient (Wildman–Crippen LogP) is 5.46. The molecule has 0 saturated carbocycles. The van der Waals surface area contributed by atoms with Crippen LogP contribution >= 0.6 is 15.9 Å². The van der Waals surface area contributed by atoms with Crippen molar-refractivity contribution < 1.29 is 38.1 Å². The zero-order chi connectivity index (χ0) is 33.9. The molecule has 0 fully saturated rings. The summed E-state index contributed by atoms with van der Waals surface area (Å²) in [5.41, 5.74) is 6.51. The van der Waals surface area contributed by atoms with Gasteiger partial charge in [-0.25, -0.2) is 15.0 Å². The number of allylic oxidation sites excluding steroid dienone is 1. The van der Waals surface area contributed by atoms with E-state index in [2.05, 4.69) is 43.2 Å². The third-order valence-corrected chi connectivity index (χ3v) is 7.43. The first-order valence-electron chi connectivity index (χ1n) is 14.9. The molecular formula is C34H37BrN4O8. The number of esters is 1. The largest absolute Gasteiger partial charge is 0.493 e. The summed E-state index contributed by atoms with van der Waals surface area (Å²) in [6.45, 7) is 7.87. The monoisotopic (exact) mass is 708 g/mol. The maximum atomic E-state index is 12.6. The summed E-state index contributed by atoms with van der Waals surface area (Å²) in [5, 5.41) is 9.39. The molecule has 3 aromatic rings. The number of halogens is 1. The maximum absolute atomic E-state index is 12.6. The molecule has 3 aromatic carbocycles. The number of nitrogens with one attached hydrogen (secondary N) is 3. The number of rotatable bonds is 14. The fraction of sp³-hybridized carbons (Fsp3) is 0.294. The zero-order valence-corrected chi connectivity index (χ0v) is 28.4. The highest BCUT2D eigenvalue weighted by molar-refractivity contribution is 9.10. The molecule has 4 rings (SSSR count). The average molecular weight is 710 g/mol. The Hall–Kier alpha value is -5.04. The molecule has 47 heavy (non-hydrogen) atoms. The molecular weight excluding hydrogens is 672 g/mol. The van der Waals surface area contributed by atoms with Gasteiger partial charge < -0.3 is 34.3 Å². The highest BCUT2D eigenvalue weighted by Crippen LogP contribution is 2.37. The number of benzene rings is 3. The van der Waals surface area contributed by atoms with Crippen molar-refractivity contribution in [1.82, 2.24) is 16.1 Å². The topological polar surface area (TPSA) is 146 Å². The molecule has 0 saturated heterocycles. The molecule has 248 valence electrons. The lowest BCUT2D eigenvalue weighted by Gasteiger charge is -2.28. The van der Waals surface area contributed by atoms with Gasteiger partial charge in [-0.05, 0) is 84.6 Å². The summed E-state index contributed by atoms with van der Waals surface area (Å²) in [6, 6.07) is 15.3. The van der Waals surface area contributed by atoms with Gasteiger partial charge in [0.05, 0.1) is 42.6 Å². The molecule has 1 atom stereocenters. The van der Waals surface area contributed by atoms with Crippen LogP contribution in [0.2, 0.25) is 0 Å². The number of methoxy groups -OCH3 is 1. The number of hydrogen-bond acceptors (Lipinski definition) is 9. The third-order valence-electron chi connectivity index (χ3n) is 6.84. The van der Waals surface area contributed by atoms with Crippen molar-refractivity contribution in [2.45, 2.75) is 40.3 Å². The van der Waals surface area contributed by atoms with E-state index >= 15 is 0 Å². The number of carbonyl (C=O) groups is 3. The Balaban J connectivity index is 1.39. The number of nitrogens with zero attached hydrogens (tertiary/aromatic N) is 1. The van der Waals surface area contributed by atoms with Gasteiger partial charge >= 0.3 is 12.0 Å². The minimum absolute atomic E-state index is 0.181. The van der Waals surface area contributed by atoms with Gasteiger partial charge in [-0.15, -0.1) is 0 Å². The van der Waals surface area contributed by atoms with Gasteiger partial charge in [0.2, 0.25) is 0 Å². The third kappa shape index (κ3) is 9.26. The fourth-order valence-corrected chi connectivity index (χ4v) is 5.36. The molecule has 0 bridgehead atoms. The van der Waals surface area contributed by atoms with E-state index in [1.165, 1.54) is 13.3 Å². The van der Waals surface area contributed by atoms with Gasteiger partial charge in [-0.2, -0.15) is 5.10 Å². The highest BCUT2D eigenvalue weighted by atomic mass is 79.9. The van der Waals surface area contributed by atoms with E-state index in [-0.39, 0.29) is 24.5 Å². The van der Waals surface area contributed by atoms with Crippen LogP contribution in [0, 0.1) is 6.92 Å². The van der Waals surface area contributed by atoms with Crippen molar-refractivity contribution in [3.8, 4) is 23.0 Å². The summed E-state index contributed by atoms with van der Waals surface area (Å²) in [4.78, 5) is 37.4. The molecule has 0 unspecified atom stereocenters. The van der Waals surface area contributed by atoms with Gasteiger partial charge in [-0.3, -0.25) is 4.79 Å². The number of carbonyl (C=O) groups excluding carboxylic acids is 3. The normalized spacial score (nSPS) is 14.3. The predicted molar refractivity (Wildman–Crippen MR) is 179 cm³/mol. The van der Waals surface area contributed by atoms with Crippen LogP contribution in [0.15, 0.2) is 75.4 Å². The SMILES string of the molecule is CCOC(=O)C1=C(C)NC(=O)N[C@@H]1c1ccc(OCC(=O)N/N=C\c2cc(Br)c(OCc3cccc(C)c3)c(OCC)c2)c(OC)c1. The number of aryl methyl sites for hydroxylation is 1. The Bertz CT molecular complexity index is 1690. The first-order chi connectivity index (χ1) is 22.6. The van der Waals surface area contributed by atoms with Gasteiger partial charge in [0, 0.05) is 5.70 Å². The van der Waals surface area contributed by atoms with Crippen molar-refractivity contribution in [2.24, 2.45) is 5.10 Å². The van der Waals surface area contributed by atoms with Crippen LogP contribution in [0.1, 0.15) is 49.1 Å². The molecule has 13 heteroatoms. The molecule has 3 amide bonds. The number of amides is 3. The second-order valence-electron chi connectivity index (χ2n) is 10.3. The van der Waals surface area contributed by atoms with Gasteiger partial charge in [0.25, 0.3) is 5.91 Å². The maximum Gasteiger partial charge on any atom is 0.338 e. The van der Waals surface area contributed by atoms with Crippen LogP contribution in [0.25, 0.3) is 0 Å². The standard InChI is InChI=1S/C34H37BrN4O8/c1-6-44-28-15-23(14-25(35)32(28)47-18-22-10-8-9-20(3)13-22)17-36-39-29(40)19-46-26-12-11-24(16-27(26)43-5)31-30(33(41)45-7-2)21(4)37-34(42)38-31/h8-17,31H,6-7,18-19H2,1-5H3,(H,39,40)(H2,37,38,42)/b36-17-/t31-/m1/s1. The van der Waals surface area contributed by atoms with Crippen molar-refractivity contribution >= 4 is 40.1 Å². The summed E-state index contributed by atoms with van der Waals surface area (Å²) in [7, 11) is 1.44. The number of hydrazone groups is 1. The lowest BCUT2D eigenvalue weighted by Crippen LogP contribution is -2.45. The van der Waals surface area contributed by atoms with E-state index in [1.807, 2.05) is 38.1 Å². The van der Waals surface area contributed by atoms with Crippen molar-refractivity contribution in [1.29, 1.82) is 0 Å².